The molecule has 0 spiro atoms. The highest BCUT2D eigenvalue weighted by Crippen LogP contribution is 2.25. The zero-order valence-corrected chi connectivity index (χ0v) is 12.8. The highest BCUT2D eigenvalue weighted by molar-refractivity contribution is 7.05. The van der Waals surface area contributed by atoms with Gasteiger partial charge in [0.2, 0.25) is 0 Å². The molecule has 10 heteroatoms. The van der Waals surface area contributed by atoms with E-state index < -0.39 is 23.0 Å². The fraction of sp³-hybridized carbons (Fsp3) is 0.500. The van der Waals surface area contributed by atoms with E-state index in [4.69, 9.17) is 0 Å². The van der Waals surface area contributed by atoms with Crippen LogP contribution in [0.1, 0.15) is 36.2 Å². The second-order valence-electron chi connectivity index (χ2n) is 5.03. The average Bonchev–Trinajstić information content (AvgIpc) is 2.86. The Bertz CT molecular complexity index is 804. The van der Waals surface area contributed by atoms with Gasteiger partial charge in [0.1, 0.15) is 16.4 Å². The number of halogens is 3. The van der Waals surface area contributed by atoms with Crippen LogP contribution in [0.25, 0.3) is 0 Å². The lowest BCUT2D eigenvalue weighted by molar-refractivity contribution is -0.139. The Morgan fingerprint density at radius 2 is 1.95 bits per heavy atom. The van der Waals surface area contributed by atoms with E-state index in [-0.39, 0.29) is 12.5 Å². The van der Waals surface area contributed by atoms with E-state index in [9.17, 15) is 22.8 Å². The van der Waals surface area contributed by atoms with Gasteiger partial charge < -0.3 is 4.57 Å². The Morgan fingerprint density at radius 3 is 2.45 bits per heavy atom. The van der Waals surface area contributed by atoms with E-state index in [1.54, 1.807) is 0 Å². The Kier molecular flexibility index (Phi) is 4.23. The first-order valence-electron chi connectivity index (χ1n) is 6.31. The van der Waals surface area contributed by atoms with Crippen LogP contribution in [-0.4, -0.2) is 18.5 Å². The predicted octanol–water partition coefficient (Wildman–Crippen LogP) is 1.59. The number of rotatable bonds is 3. The summed E-state index contributed by atoms with van der Waals surface area (Å²) in [5.41, 5.74) is -3.60. The van der Waals surface area contributed by atoms with Gasteiger partial charge in [0.05, 0.1) is 6.54 Å². The summed E-state index contributed by atoms with van der Waals surface area (Å²) >= 11 is 0.959. The maximum Gasteiger partial charge on any atom is 0.423 e. The van der Waals surface area contributed by atoms with Crippen molar-refractivity contribution in [2.45, 2.75) is 32.5 Å². The molecular weight excluding hydrogens is 321 g/mol. The van der Waals surface area contributed by atoms with Crippen molar-refractivity contribution in [2.24, 2.45) is 7.05 Å². The molecule has 0 radical (unpaired) electrons. The van der Waals surface area contributed by atoms with Gasteiger partial charge in [-0.3, -0.25) is 9.36 Å². The second-order valence-corrected chi connectivity index (χ2v) is 5.86. The van der Waals surface area contributed by atoms with Gasteiger partial charge in [-0.15, -0.1) is 0 Å². The molecule has 0 amide bonds. The Morgan fingerprint density at radius 1 is 1.32 bits per heavy atom. The number of aromatic nitrogens is 4. The molecule has 2 aromatic heterocycles. The fourth-order valence-corrected chi connectivity index (χ4v) is 2.53. The quantitative estimate of drug-likeness (QED) is 0.855. The van der Waals surface area contributed by atoms with Crippen LogP contribution in [0.5, 0.6) is 0 Å². The summed E-state index contributed by atoms with van der Waals surface area (Å²) in [5.74, 6) is 0.572. The van der Waals surface area contributed by atoms with Crippen LogP contribution < -0.4 is 11.2 Å². The lowest BCUT2D eigenvalue weighted by Gasteiger charge is -2.11. The zero-order chi connectivity index (χ0) is 16.7. The van der Waals surface area contributed by atoms with Gasteiger partial charge in [0, 0.05) is 19.2 Å². The largest absolute Gasteiger partial charge is 0.423 e. The third-order valence-corrected chi connectivity index (χ3v) is 3.64. The zero-order valence-electron chi connectivity index (χ0n) is 12.0. The summed E-state index contributed by atoms with van der Waals surface area (Å²) in [4.78, 5) is 28.0. The molecule has 2 aromatic rings. The molecule has 6 nitrogen and oxygen atoms in total. The summed E-state index contributed by atoms with van der Waals surface area (Å²) in [6.45, 7) is 3.39. The minimum atomic E-state index is -4.82. The summed E-state index contributed by atoms with van der Waals surface area (Å²) in [5, 5.41) is 0.308. The van der Waals surface area contributed by atoms with Crippen LogP contribution >= 0.6 is 11.5 Å². The van der Waals surface area contributed by atoms with Crippen molar-refractivity contribution in [3.8, 4) is 0 Å². The molecule has 0 fully saturated rings. The Hall–Kier alpha value is -1.97. The summed E-state index contributed by atoms with van der Waals surface area (Å²) < 4.78 is 43.8. The molecule has 2 heterocycles. The van der Waals surface area contributed by atoms with Crippen molar-refractivity contribution in [1.29, 1.82) is 0 Å². The molecule has 0 bridgehead atoms. The minimum Gasteiger partial charge on any atom is -0.303 e. The third-order valence-electron chi connectivity index (χ3n) is 2.93. The third kappa shape index (κ3) is 3.11. The Labute approximate surface area is 127 Å². The van der Waals surface area contributed by atoms with Crippen molar-refractivity contribution < 1.29 is 13.2 Å². The van der Waals surface area contributed by atoms with Gasteiger partial charge in [-0.1, -0.05) is 13.8 Å². The minimum absolute atomic E-state index is 0.0473. The number of hydrogen-bond acceptors (Lipinski definition) is 5. The van der Waals surface area contributed by atoms with Crippen molar-refractivity contribution in [3.63, 3.8) is 0 Å². The number of alkyl halides is 3. The van der Waals surface area contributed by atoms with E-state index in [2.05, 4.69) is 9.36 Å². The van der Waals surface area contributed by atoms with Gasteiger partial charge in [-0.2, -0.15) is 17.5 Å². The van der Waals surface area contributed by atoms with Crippen molar-refractivity contribution in [1.82, 2.24) is 18.5 Å². The average molecular weight is 334 g/mol. The number of hydrogen-bond donors (Lipinski definition) is 0. The van der Waals surface area contributed by atoms with Gasteiger partial charge in [0.15, 0.2) is 0 Å². The molecule has 0 saturated carbocycles. The van der Waals surface area contributed by atoms with E-state index in [1.165, 1.54) is 0 Å². The molecule has 0 aliphatic rings. The standard InChI is InChI=1S/C12H13F3N4O2S/c1-6(2)9-16-8(22-17-9)5-19-10(20)7(12(13,14)15)4-18(3)11(19)21/h4,6H,5H2,1-3H3. The molecule has 0 saturated heterocycles. The summed E-state index contributed by atoms with van der Waals surface area (Å²) in [7, 11) is 1.16. The van der Waals surface area contributed by atoms with Crippen LogP contribution in [0.2, 0.25) is 0 Å². The van der Waals surface area contributed by atoms with Crippen molar-refractivity contribution in [2.75, 3.05) is 0 Å². The van der Waals surface area contributed by atoms with Crippen LogP contribution in [-0.2, 0) is 19.8 Å². The van der Waals surface area contributed by atoms with Gasteiger partial charge in [0.25, 0.3) is 5.56 Å². The molecule has 0 aliphatic heterocycles. The smallest absolute Gasteiger partial charge is 0.303 e. The van der Waals surface area contributed by atoms with Crippen molar-refractivity contribution >= 4 is 11.5 Å². The summed E-state index contributed by atoms with van der Waals surface area (Å²) in [6, 6.07) is 0. The van der Waals surface area contributed by atoms with Gasteiger partial charge >= 0.3 is 11.9 Å². The maximum absolute atomic E-state index is 12.8. The van der Waals surface area contributed by atoms with E-state index in [1.807, 2.05) is 13.8 Å². The first-order valence-corrected chi connectivity index (χ1v) is 7.08. The monoisotopic (exact) mass is 334 g/mol. The maximum atomic E-state index is 12.8. The van der Waals surface area contributed by atoms with E-state index in [0.29, 0.717) is 21.6 Å². The molecule has 0 N–H and O–H groups in total. The number of nitrogens with zero attached hydrogens (tertiary/aromatic N) is 4. The van der Waals surface area contributed by atoms with E-state index in [0.717, 1.165) is 23.1 Å². The topological polar surface area (TPSA) is 69.8 Å². The molecular formula is C12H13F3N4O2S. The second kappa shape index (κ2) is 5.67. The molecule has 2 rings (SSSR count). The fourth-order valence-electron chi connectivity index (χ4n) is 1.76. The first-order chi connectivity index (χ1) is 10.1. The molecule has 0 atom stereocenters. The molecule has 22 heavy (non-hydrogen) atoms. The lowest BCUT2D eigenvalue weighted by atomic mass is 10.2. The normalized spacial score (nSPS) is 12.1. The van der Waals surface area contributed by atoms with Crippen LogP contribution in [0, 0.1) is 0 Å². The van der Waals surface area contributed by atoms with Gasteiger partial charge in [-0.25, -0.2) is 9.78 Å². The molecule has 120 valence electrons. The van der Waals surface area contributed by atoms with Crippen molar-refractivity contribution in [3.05, 3.63) is 43.4 Å². The lowest BCUT2D eigenvalue weighted by Crippen LogP contribution is -2.42. The summed E-state index contributed by atoms with van der Waals surface area (Å²) in [6.07, 6.45) is -4.32. The molecule has 0 aromatic carbocycles. The molecule has 0 unspecified atom stereocenters. The SMILES string of the molecule is CC(C)c1nsc(Cn2c(=O)c(C(F)(F)F)cn(C)c2=O)n1. The Balaban J connectivity index is 2.53. The van der Waals surface area contributed by atoms with Crippen LogP contribution in [0.4, 0.5) is 13.2 Å². The van der Waals surface area contributed by atoms with Crippen LogP contribution in [0.3, 0.4) is 0 Å². The van der Waals surface area contributed by atoms with E-state index >= 15 is 0 Å². The van der Waals surface area contributed by atoms with Gasteiger partial charge in [-0.05, 0) is 11.5 Å². The first kappa shape index (κ1) is 16.4. The highest BCUT2D eigenvalue weighted by atomic mass is 32.1. The number of aryl methyl sites for hydroxylation is 1. The predicted molar refractivity (Wildman–Crippen MR) is 74.0 cm³/mol. The molecule has 0 aliphatic carbocycles. The highest BCUT2D eigenvalue weighted by Gasteiger charge is 2.35. The van der Waals surface area contributed by atoms with Crippen LogP contribution in [0.15, 0.2) is 15.8 Å².